The average Bonchev–Trinajstić information content (AvgIpc) is 2.32. The first-order valence-electron chi connectivity index (χ1n) is 4.82. The molecule has 1 heteroatoms. The van der Waals surface area contributed by atoms with E-state index in [-0.39, 0.29) is 0 Å². The summed E-state index contributed by atoms with van der Waals surface area (Å²) >= 11 is 0. The van der Waals surface area contributed by atoms with E-state index in [2.05, 4.69) is 31.3 Å². The zero-order chi connectivity index (χ0) is 12.2. The van der Waals surface area contributed by atoms with Gasteiger partial charge in [-0.05, 0) is 0 Å². The van der Waals surface area contributed by atoms with Crippen LogP contribution in [0, 0.1) is 0 Å². The lowest BCUT2D eigenvalue weighted by atomic mass is 10.6. The summed E-state index contributed by atoms with van der Waals surface area (Å²) in [5.41, 5.74) is 0. The minimum Gasteiger partial charge on any atom is -0.265 e. The molecule has 0 atom stereocenters. The van der Waals surface area contributed by atoms with Crippen LogP contribution in [0.25, 0.3) is 0 Å². The molecule has 0 bridgehead atoms. The van der Waals surface area contributed by atoms with Crippen molar-refractivity contribution in [3.63, 3.8) is 0 Å². The molecular weight excluding hydrogens is 170 g/mol. The first-order valence-corrected chi connectivity index (χ1v) is 4.82. The van der Waals surface area contributed by atoms with E-state index in [1.165, 1.54) is 6.20 Å². The highest BCUT2D eigenvalue weighted by Gasteiger charge is 1.47. The summed E-state index contributed by atoms with van der Waals surface area (Å²) in [4.78, 5) is 3.61. The second kappa shape index (κ2) is 61.3. The van der Waals surface area contributed by atoms with E-state index in [1.54, 1.807) is 24.4 Å². The molecule has 1 nitrogen and oxygen atoms in total. The van der Waals surface area contributed by atoms with Crippen molar-refractivity contribution in [3.8, 4) is 0 Å². The molecule has 0 heterocycles. The number of aliphatic imine (C=N–C) groups is 1. The van der Waals surface area contributed by atoms with Crippen LogP contribution in [0.3, 0.4) is 0 Å². The summed E-state index contributed by atoms with van der Waals surface area (Å²) in [6.45, 7) is 21.5. The summed E-state index contributed by atoms with van der Waals surface area (Å²) in [6.07, 6.45) is 7.91. The van der Waals surface area contributed by atoms with Crippen molar-refractivity contribution in [1.82, 2.24) is 0 Å². The molecule has 0 radical (unpaired) electrons. The van der Waals surface area contributed by atoms with Crippen LogP contribution >= 0.6 is 0 Å². The zero-order valence-corrected chi connectivity index (χ0v) is 10.2. The predicted octanol–water partition coefficient (Wildman–Crippen LogP) is 4.80. The lowest BCUT2D eigenvalue weighted by molar-refractivity contribution is 1.50. The van der Waals surface area contributed by atoms with Gasteiger partial charge in [0.2, 0.25) is 0 Å². The van der Waals surface area contributed by atoms with Crippen molar-refractivity contribution in [2.75, 3.05) is 0 Å². The first kappa shape index (κ1) is 22.9. The number of rotatable bonds is 3. The fourth-order valence-electron chi connectivity index (χ4n) is 0.122. The monoisotopic (exact) mass is 195 g/mol. The Balaban J connectivity index is -0.0000000546. The fraction of sp³-hybridized carbons (Fsp3) is 0.308. The van der Waals surface area contributed by atoms with Crippen LogP contribution in [-0.4, -0.2) is 6.21 Å². The predicted molar refractivity (Wildman–Crippen MR) is 72.0 cm³/mol. The van der Waals surface area contributed by atoms with Gasteiger partial charge in [0.05, 0.1) is 0 Å². The zero-order valence-electron chi connectivity index (χ0n) is 10.2. The molecule has 0 aliphatic heterocycles. The van der Waals surface area contributed by atoms with Gasteiger partial charge in [-0.25, -0.2) is 0 Å². The van der Waals surface area contributed by atoms with Crippen molar-refractivity contribution in [1.29, 1.82) is 0 Å². The van der Waals surface area contributed by atoms with Crippen molar-refractivity contribution in [3.05, 3.63) is 50.7 Å². The quantitative estimate of drug-likeness (QED) is 0.453. The largest absolute Gasteiger partial charge is 0.265 e. The van der Waals surface area contributed by atoms with Gasteiger partial charge in [-0.1, -0.05) is 72.2 Å². The topological polar surface area (TPSA) is 12.4 Å². The van der Waals surface area contributed by atoms with Gasteiger partial charge < -0.3 is 0 Å². The van der Waals surface area contributed by atoms with E-state index in [4.69, 9.17) is 0 Å². The maximum atomic E-state index is 3.61. The van der Waals surface area contributed by atoms with Gasteiger partial charge in [-0.2, -0.15) is 0 Å². The van der Waals surface area contributed by atoms with Crippen LogP contribution in [0.5, 0.6) is 0 Å². The molecule has 0 rings (SSSR count). The van der Waals surface area contributed by atoms with Crippen LogP contribution in [0.15, 0.2) is 55.7 Å². The second-order valence-electron chi connectivity index (χ2n) is 1.19. The third-order valence-electron chi connectivity index (χ3n) is 0.464. The summed E-state index contributed by atoms with van der Waals surface area (Å²) in [6, 6.07) is 0. The van der Waals surface area contributed by atoms with Crippen LogP contribution in [0.4, 0.5) is 0 Å². The molecule has 14 heavy (non-hydrogen) atoms. The molecule has 0 aliphatic carbocycles. The van der Waals surface area contributed by atoms with Crippen molar-refractivity contribution < 1.29 is 0 Å². The molecular formula is C13H25N. The molecule has 0 saturated carbocycles. The van der Waals surface area contributed by atoms with Gasteiger partial charge in [0.25, 0.3) is 0 Å². The van der Waals surface area contributed by atoms with Crippen molar-refractivity contribution in [2.45, 2.75) is 27.7 Å². The second-order valence-corrected chi connectivity index (χ2v) is 1.19. The van der Waals surface area contributed by atoms with Gasteiger partial charge in [-0.15, -0.1) is 0 Å². The fourth-order valence-corrected chi connectivity index (χ4v) is 0.122. The summed E-state index contributed by atoms with van der Waals surface area (Å²) in [5, 5.41) is 0. The van der Waals surface area contributed by atoms with E-state index in [0.717, 1.165) is 0 Å². The minimum absolute atomic E-state index is 1.46. The van der Waals surface area contributed by atoms with Gasteiger partial charge in [0.15, 0.2) is 0 Å². The lowest BCUT2D eigenvalue weighted by Gasteiger charge is -1.62. The van der Waals surface area contributed by atoms with Gasteiger partial charge >= 0.3 is 0 Å². The van der Waals surface area contributed by atoms with Gasteiger partial charge in [-0.3, -0.25) is 4.99 Å². The first-order chi connectivity index (χ1) is 6.83. The SMILES string of the molecule is C=CC=C.C=CC=NC=C.CC.CC. The Bertz CT molecular complexity index is 116. The number of hydrogen-bond acceptors (Lipinski definition) is 1. The molecule has 0 saturated heterocycles. The molecule has 0 aromatic heterocycles. The highest BCUT2D eigenvalue weighted by Crippen LogP contribution is 1.61. The van der Waals surface area contributed by atoms with Gasteiger partial charge in [0, 0.05) is 12.4 Å². The Hall–Kier alpha value is -1.37. The third-order valence-corrected chi connectivity index (χ3v) is 0.464. The van der Waals surface area contributed by atoms with E-state index >= 15 is 0 Å². The van der Waals surface area contributed by atoms with E-state index < -0.39 is 0 Å². The minimum atomic E-state index is 1.46. The molecule has 82 valence electrons. The van der Waals surface area contributed by atoms with Crippen LogP contribution in [0.1, 0.15) is 27.7 Å². The highest BCUT2D eigenvalue weighted by molar-refractivity contribution is 5.70. The Morgan fingerprint density at radius 2 is 1.07 bits per heavy atom. The summed E-state index contributed by atoms with van der Waals surface area (Å²) < 4.78 is 0. The summed E-state index contributed by atoms with van der Waals surface area (Å²) in [5.74, 6) is 0. The molecule has 0 N–H and O–H groups in total. The standard InChI is InChI=1S/C5H7N.C4H6.2C2H6/c1-3-5-6-4-2;1-3-4-2;2*1-2/h3-5H,1-2H2;3-4H,1-2H2;2*1-2H3. The van der Waals surface area contributed by atoms with Gasteiger partial charge in [0.1, 0.15) is 0 Å². The average molecular weight is 195 g/mol. The van der Waals surface area contributed by atoms with E-state index in [1.807, 2.05) is 27.7 Å². The molecule has 0 aromatic carbocycles. The van der Waals surface area contributed by atoms with Crippen LogP contribution in [0.2, 0.25) is 0 Å². The van der Waals surface area contributed by atoms with E-state index in [0.29, 0.717) is 0 Å². The number of hydrogen-bond donors (Lipinski definition) is 0. The molecule has 0 unspecified atom stereocenters. The van der Waals surface area contributed by atoms with Crippen molar-refractivity contribution >= 4 is 6.21 Å². The van der Waals surface area contributed by atoms with Crippen LogP contribution < -0.4 is 0 Å². The Kier molecular flexibility index (Phi) is 100. The molecule has 0 fully saturated rings. The number of allylic oxidation sites excluding steroid dienone is 3. The lowest BCUT2D eigenvalue weighted by Crippen LogP contribution is -1.52. The Morgan fingerprint density at radius 1 is 0.714 bits per heavy atom. The highest BCUT2D eigenvalue weighted by atomic mass is 14.6. The molecule has 0 spiro atoms. The van der Waals surface area contributed by atoms with Crippen molar-refractivity contribution in [2.24, 2.45) is 4.99 Å². The maximum Gasteiger partial charge on any atom is 0.0261 e. The summed E-state index contributed by atoms with van der Waals surface area (Å²) in [7, 11) is 0. The maximum absolute atomic E-state index is 3.61. The molecule has 0 aliphatic rings. The Morgan fingerprint density at radius 3 is 1.14 bits per heavy atom. The molecule has 0 aromatic rings. The van der Waals surface area contributed by atoms with Crippen LogP contribution in [-0.2, 0) is 0 Å². The smallest absolute Gasteiger partial charge is 0.0261 e. The number of nitrogens with zero attached hydrogens (tertiary/aromatic N) is 1. The third kappa shape index (κ3) is 143. The molecule has 0 amide bonds. The Labute approximate surface area is 90.3 Å². The van der Waals surface area contributed by atoms with E-state index in [9.17, 15) is 0 Å². The normalized spacial score (nSPS) is 6.00.